The summed E-state index contributed by atoms with van der Waals surface area (Å²) in [5.74, 6) is -0.132. The fourth-order valence-corrected chi connectivity index (χ4v) is 4.22. The van der Waals surface area contributed by atoms with E-state index in [1.807, 2.05) is 12.1 Å². The van der Waals surface area contributed by atoms with E-state index in [2.05, 4.69) is 10.2 Å². The first-order valence-electron chi connectivity index (χ1n) is 9.54. The fraction of sp³-hybridized carbons (Fsp3) is 0.381. The number of ether oxygens (including phenoxy) is 1. The van der Waals surface area contributed by atoms with Gasteiger partial charge in [0, 0.05) is 32.4 Å². The molecule has 162 valence electrons. The molecule has 0 radical (unpaired) electrons. The number of halogens is 2. The van der Waals surface area contributed by atoms with Gasteiger partial charge in [-0.15, -0.1) is 0 Å². The smallest absolute Gasteiger partial charge is 0.224 e. The van der Waals surface area contributed by atoms with Crippen molar-refractivity contribution in [3.8, 4) is 0 Å². The van der Waals surface area contributed by atoms with E-state index in [1.54, 1.807) is 18.2 Å². The molecule has 1 aliphatic heterocycles. The molecule has 0 bridgehead atoms. The van der Waals surface area contributed by atoms with Crippen LogP contribution in [0, 0.1) is 0 Å². The van der Waals surface area contributed by atoms with Crippen LogP contribution in [-0.2, 0) is 32.3 Å². The largest absolute Gasteiger partial charge is 0.374 e. The number of nitrogens with one attached hydrogen (secondary N) is 1. The molecule has 1 aliphatic rings. The summed E-state index contributed by atoms with van der Waals surface area (Å²) in [6.07, 6.45) is 1.24. The van der Waals surface area contributed by atoms with E-state index in [0.29, 0.717) is 29.7 Å². The Hall–Kier alpha value is -1.64. The van der Waals surface area contributed by atoms with E-state index < -0.39 is 9.84 Å². The Kier molecular flexibility index (Phi) is 7.76. The third kappa shape index (κ3) is 6.68. The third-order valence-corrected chi connectivity index (χ3v) is 6.72. The van der Waals surface area contributed by atoms with Gasteiger partial charge < -0.3 is 10.1 Å². The molecule has 0 aromatic heterocycles. The summed E-state index contributed by atoms with van der Waals surface area (Å²) in [5, 5.41) is 3.97. The number of morpholine rings is 1. The molecule has 6 nitrogen and oxygen atoms in total. The predicted molar refractivity (Wildman–Crippen MR) is 118 cm³/mol. The first kappa shape index (κ1) is 23.0. The van der Waals surface area contributed by atoms with Crippen LogP contribution in [0.15, 0.2) is 47.4 Å². The molecule has 30 heavy (non-hydrogen) atoms. The highest BCUT2D eigenvalue weighted by Gasteiger charge is 2.21. The number of nitrogens with zero attached hydrogens (tertiary/aromatic N) is 1. The zero-order valence-electron chi connectivity index (χ0n) is 16.6. The highest BCUT2D eigenvalue weighted by Crippen LogP contribution is 2.23. The van der Waals surface area contributed by atoms with Gasteiger partial charge in [-0.1, -0.05) is 41.4 Å². The van der Waals surface area contributed by atoms with Gasteiger partial charge in [-0.2, -0.15) is 0 Å². The van der Waals surface area contributed by atoms with E-state index >= 15 is 0 Å². The Morgan fingerprint density at radius 2 is 1.83 bits per heavy atom. The second-order valence-electron chi connectivity index (χ2n) is 7.37. The lowest BCUT2D eigenvalue weighted by Gasteiger charge is -2.33. The lowest BCUT2D eigenvalue weighted by atomic mass is 10.1. The van der Waals surface area contributed by atoms with E-state index in [1.165, 1.54) is 12.1 Å². The van der Waals surface area contributed by atoms with Gasteiger partial charge >= 0.3 is 0 Å². The van der Waals surface area contributed by atoms with Gasteiger partial charge in [-0.05, 0) is 35.4 Å². The van der Waals surface area contributed by atoms with Gasteiger partial charge in [-0.25, -0.2) is 8.42 Å². The van der Waals surface area contributed by atoms with E-state index in [0.717, 1.165) is 30.5 Å². The Bertz CT molecular complexity index is 997. The van der Waals surface area contributed by atoms with Crippen LogP contribution in [0.3, 0.4) is 0 Å². The van der Waals surface area contributed by atoms with Crippen molar-refractivity contribution in [2.45, 2.75) is 24.0 Å². The number of hydrogen-bond acceptors (Lipinski definition) is 5. The molecule has 0 saturated carbocycles. The summed E-state index contributed by atoms with van der Waals surface area (Å²) in [6, 6.07) is 12.0. The summed E-state index contributed by atoms with van der Waals surface area (Å²) in [4.78, 5) is 14.7. The molecular weight excluding hydrogens is 447 g/mol. The summed E-state index contributed by atoms with van der Waals surface area (Å²) in [5.41, 5.74) is 1.83. The molecule has 1 heterocycles. The van der Waals surface area contributed by atoms with Crippen molar-refractivity contribution in [3.05, 3.63) is 63.6 Å². The second kappa shape index (κ2) is 10.1. The van der Waals surface area contributed by atoms with Gasteiger partial charge in [0.05, 0.1) is 34.1 Å². The molecule has 9 heteroatoms. The molecule has 1 saturated heterocycles. The standard InChI is InChI=1S/C21H24Cl2N2O4S/c1-30(27,28)18-5-2-15(3-6-18)11-21(26)24-12-17-14-25(8-9-29-17)13-16-4-7-19(22)20(23)10-16/h2-7,10,17H,8-9,11-14H2,1H3,(H,24,26)/t17-/m0/s1. The van der Waals surface area contributed by atoms with Crippen molar-refractivity contribution in [2.75, 3.05) is 32.5 Å². The molecule has 0 aliphatic carbocycles. The maximum atomic E-state index is 12.3. The number of hydrogen-bond donors (Lipinski definition) is 1. The van der Waals surface area contributed by atoms with Crippen molar-refractivity contribution in [3.63, 3.8) is 0 Å². The molecule has 0 unspecified atom stereocenters. The van der Waals surface area contributed by atoms with Crippen LogP contribution in [0.1, 0.15) is 11.1 Å². The van der Waals surface area contributed by atoms with Crippen LogP contribution in [0.2, 0.25) is 10.0 Å². The molecule has 2 aromatic rings. The summed E-state index contributed by atoms with van der Waals surface area (Å²) in [6.45, 7) is 3.24. The minimum Gasteiger partial charge on any atom is -0.374 e. The average Bonchev–Trinajstić information content (AvgIpc) is 2.69. The zero-order chi connectivity index (χ0) is 21.7. The van der Waals surface area contributed by atoms with Crippen LogP contribution in [0.5, 0.6) is 0 Å². The van der Waals surface area contributed by atoms with E-state index in [9.17, 15) is 13.2 Å². The quantitative estimate of drug-likeness (QED) is 0.672. The number of sulfone groups is 1. The zero-order valence-corrected chi connectivity index (χ0v) is 18.9. The van der Waals surface area contributed by atoms with Gasteiger partial charge in [0.2, 0.25) is 5.91 Å². The summed E-state index contributed by atoms with van der Waals surface area (Å²) < 4.78 is 28.8. The van der Waals surface area contributed by atoms with E-state index in [4.69, 9.17) is 27.9 Å². The molecule has 1 amide bonds. The predicted octanol–water partition coefficient (Wildman–Crippen LogP) is 2.96. The number of carbonyl (C=O) groups is 1. The minimum atomic E-state index is -3.24. The third-order valence-electron chi connectivity index (χ3n) is 4.86. The Morgan fingerprint density at radius 1 is 1.13 bits per heavy atom. The normalized spacial score (nSPS) is 17.6. The Balaban J connectivity index is 1.46. The van der Waals surface area contributed by atoms with Crippen molar-refractivity contribution in [1.29, 1.82) is 0 Å². The number of rotatable bonds is 7. The highest BCUT2D eigenvalue weighted by molar-refractivity contribution is 7.90. The van der Waals surface area contributed by atoms with Crippen molar-refractivity contribution < 1.29 is 17.9 Å². The second-order valence-corrected chi connectivity index (χ2v) is 10.2. The topological polar surface area (TPSA) is 75.7 Å². The molecular formula is C21H24Cl2N2O4S. The number of benzene rings is 2. The molecule has 1 fully saturated rings. The molecule has 1 atom stereocenters. The molecule has 3 rings (SSSR count). The number of carbonyl (C=O) groups excluding carboxylic acids is 1. The molecule has 2 aromatic carbocycles. The SMILES string of the molecule is CS(=O)(=O)c1ccc(CC(=O)NC[C@H]2CN(Cc3ccc(Cl)c(Cl)c3)CCO2)cc1. The molecule has 0 spiro atoms. The first-order chi connectivity index (χ1) is 14.2. The molecule has 1 N–H and O–H groups in total. The Morgan fingerprint density at radius 3 is 2.50 bits per heavy atom. The Labute approximate surface area is 187 Å². The first-order valence-corrected chi connectivity index (χ1v) is 12.2. The minimum absolute atomic E-state index is 0.0990. The van der Waals surface area contributed by atoms with Crippen LogP contribution in [-0.4, -0.2) is 57.8 Å². The van der Waals surface area contributed by atoms with Crippen LogP contribution >= 0.6 is 23.2 Å². The number of amides is 1. The lowest BCUT2D eigenvalue weighted by molar-refractivity contribution is -0.121. The maximum absolute atomic E-state index is 12.3. The van der Waals surface area contributed by atoms with Gasteiger partial charge in [0.25, 0.3) is 0 Å². The van der Waals surface area contributed by atoms with Gasteiger partial charge in [0.15, 0.2) is 9.84 Å². The van der Waals surface area contributed by atoms with Crippen LogP contribution in [0.4, 0.5) is 0 Å². The fourth-order valence-electron chi connectivity index (χ4n) is 3.27. The summed E-state index contributed by atoms with van der Waals surface area (Å²) in [7, 11) is -3.24. The van der Waals surface area contributed by atoms with E-state index in [-0.39, 0.29) is 23.3 Å². The highest BCUT2D eigenvalue weighted by atomic mass is 35.5. The van der Waals surface area contributed by atoms with Crippen LogP contribution in [0.25, 0.3) is 0 Å². The maximum Gasteiger partial charge on any atom is 0.224 e. The van der Waals surface area contributed by atoms with Crippen molar-refractivity contribution >= 4 is 38.9 Å². The van der Waals surface area contributed by atoms with Crippen molar-refractivity contribution in [2.24, 2.45) is 0 Å². The lowest BCUT2D eigenvalue weighted by Crippen LogP contribution is -2.47. The summed E-state index contributed by atoms with van der Waals surface area (Å²) >= 11 is 12.1. The van der Waals surface area contributed by atoms with Gasteiger partial charge in [0.1, 0.15) is 0 Å². The van der Waals surface area contributed by atoms with Crippen LogP contribution < -0.4 is 5.32 Å². The monoisotopic (exact) mass is 470 g/mol. The average molecular weight is 471 g/mol. The van der Waals surface area contributed by atoms with Gasteiger partial charge in [-0.3, -0.25) is 9.69 Å². The van der Waals surface area contributed by atoms with Crippen molar-refractivity contribution in [1.82, 2.24) is 10.2 Å².